The molecule has 0 fully saturated rings. The van der Waals surface area contributed by atoms with E-state index in [4.69, 9.17) is 0 Å². The average Bonchev–Trinajstić information content (AvgIpc) is 1.98. The van der Waals surface area contributed by atoms with Crippen molar-refractivity contribution in [2.75, 3.05) is 0 Å². The molecule has 0 spiro atoms. The molecule has 2 heteroatoms. The Kier molecular flexibility index (Phi) is 6.65. The van der Waals surface area contributed by atoms with Crippen LogP contribution >= 0.6 is 0 Å². The fourth-order valence-electron chi connectivity index (χ4n) is 1.09. The molecule has 0 N–H and O–H groups in total. The molecule has 0 aromatic carbocycles. The molecule has 0 heterocycles. The normalized spacial score (nSPS) is 12.7. The molecule has 0 aromatic rings. The first-order valence-corrected chi connectivity index (χ1v) is 5.33. The third-order valence-electron chi connectivity index (χ3n) is 1.57. The predicted octanol–water partition coefficient (Wildman–Crippen LogP) is 3.77. The summed E-state index contributed by atoms with van der Waals surface area (Å²) in [4.78, 5) is 4.50. The third-order valence-corrected chi connectivity index (χ3v) is 1.57. The summed E-state index contributed by atoms with van der Waals surface area (Å²) < 4.78 is 0. The molecule has 0 aliphatic rings. The highest BCUT2D eigenvalue weighted by Gasteiger charge is 1.92. The standard InChI is InChI=1S/C11H23N2/c1-6-7-8-11(12-9(2)3)13-10(4)5/h9-10H,6-8H2,1-5H3/q-1. The second-order valence-electron chi connectivity index (χ2n) is 3.97. The summed E-state index contributed by atoms with van der Waals surface area (Å²) in [5.41, 5.74) is 0. The Hall–Kier alpha value is -0.530. The van der Waals surface area contributed by atoms with Crippen LogP contribution in [0.2, 0.25) is 0 Å². The predicted molar refractivity (Wildman–Crippen MR) is 60.6 cm³/mol. The SMILES string of the molecule is CCCCC(=NC(C)C)[N-]C(C)C. The summed E-state index contributed by atoms with van der Waals surface area (Å²) >= 11 is 0. The minimum absolute atomic E-state index is 0.370. The monoisotopic (exact) mass is 183 g/mol. The van der Waals surface area contributed by atoms with Gasteiger partial charge in [0.2, 0.25) is 0 Å². The molecule has 0 saturated heterocycles. The Morgan fingerprint density at radius 2 is 1.85 bits per heavy atom. The van der Waals surface area contributed by atoms with E-state index in [-0.39, 0.29) is 0 Å². The number of unbranched alkanes of at least 4 members (excludes halogenated alkanes) is 1. The Labute approximate surface area is 82.8 Å². The molecule has 13 heavy (non-hydrogen) atoms. The van der Waals surface area contributed by atoms with E-state index in [1.807, 2.05) is 0 Å². The molecule has 0 aliphatic carbocycles. The largest absolute Gasteiger partial charge is 0.466 e. The highest BCUT2D eigenvalue weighted by molar-refractivity contribution is 5.94. The maximum absolute atomic E-state index is 4.50. The van der Waals surface area contributed by atoms with Gasteiger partial charge in [0.1, 0.15) is 0 Å². The summed E-state index contributed by atoms with van der Waals surface area (Å²) in [6.45, 7) is 10.6. The van der Waals surface area contributed by atoms with Crippen molar-refractivity contribution in [3.63, 3.8) is 0 Å². The quantitative estimate of drug-likeness (QED) is 0.458. The number of nitrogens with zero attached hydrogens (tertiary/aromatic N) is 2. The molecule has 78 valence electrons. The first-order valence-electron chi connectivity index (χ1n) is 5.33. The Bertz CT molecular complexity index is 148. The zero-order chi connectivity index (χ0) is 10.3. The van der Waals surface area contributed by atoms with Crippen LogP contribution in [0.25, 0.3) is 5.32 Å². The first-order chi connectivity index (χ1) is 6.06. The van der Waals surface area contributed by atoms with Crippen LogP contribution in [-0.2, 0) is 0 Å². The summed E-state index contributed by atoms with van der Waals surface area (Å²) in [6, 6.07) is 0.740. The number of hydrogen-bond acceptors (Lipinski definition) is 1. The van der Waals surface area contributed by atoms with Crippen LogP contribution in [0.3, 0.4) is 0 Å². The number of hydrogen-bond donors (Lipinski definition) is 0. The average molecular weight is 183 g/mol. The fourth-order valence-corrected chi connectivity index (χ4v) is 1.09. The van der Waals surface area contributed by atoms with E-state index in [1.165, 1.54) is 12.8 Å². The molecule has 0 saturated carbocycles. The first kappa shape index (κ1) is 12.5. The van der Waals surface area contributed by atoms with Crippen molar-refractivity contribution in [1.82, 2.24) is 0 Å². The lowest BCUT2D eigenvalue weighted by Gasteiger charge is -2.24. The van der Waals surface area contributed by atoms with Crippen LogP contribution < -0.4 is 0 Å². The molecule has 0 aliphatic heterocycles. The molecule has 0 amide bonds. The van der Waals surface area contributed by atoms with Gasteiger partial charge in [-0.05, 0) is 18.5 Å². The second-order valence-corrected chi connectivity index (χ2v) is 3.97. The molecule has 0 radical (unpaired) electrons. The van der Waals surface area contributed by atoms with Crippen LogP contribution in [0, 0.1) is 0 Å². The molecule has 0 rings (SSSR count). The van der Waals surface area contributed by atoms with Gasteiger partial charge in [0.15, 0.2) is 0 Å². The van der Waals surface area contributed by atoms with Gasteiger partial charge in [0, 0.05) is 0 Å². The minimum atomic E-state index is 0.370. The van der Waals surface area contributed by atoms with Crippen molar-refractivity contribution in [3.05, 3.63) is 5.32 Å². The van der Waals surface area contributed by atoms with Crippen molar-refractivity contribution in [3.8, 4) is 0 Å². The van der Waals surface area contributed by atoms with E-state index < -0.39 is 0 Å². The van der Waals surface area contributed by atoms with Gasteiger partial charge in [-0.25, -0.2) is 0 Å². The number of aliphatic imine (C=N–C) groups is 1. The van der Waals surface area contributed by atoms with Gasteiger partial charge in [-0.3, -0.25) is 0 Å². The number of rotatable bonds is 5. The summed E-state index contributed by atoms with van der Waals surface area (Å²) in [5.74, 6) is 1.05. The second kappa shape index (κ2) is 6.93. The lowest BCUT2D eigenvalue weighted by molar-refractivity contribution is 0.791. The van der Waals surface area contributed by atoms with Crippen LogP contribution in [0.5, 0.6) is 0 Å². The van der Waals surface area contributed by atoms with E-state index >= 15 is 0 Å². The summed E-state index contributed by atoms with van der Waals surface area (Å²) in [6.07, 6.45) is 3.44. The van der Waals surface area contributed by atoms with Crippen LogP contribution in [0.15, 0.2) is 4.99 Å². The smallest absolute Gasteiger partial charge is 0.0362 e. The molecule has 0 aromatic heterocycles. The lowest BCUT2D eigenvalue weighted by Crippen LogP contribution is -2.07. The van der Waals surface area contributed by atoms with Gasteiger partial charge in [0.05, 0.1) is 0 Å². The maximum atomic E-state index is 4.50. The molecular formula is C11H23N2-. The molecular weight excluding hydrogens is 160 g/mol. The zero-order valence-corrected chi connectivity index (χ0v) is 9.67. The Balaban J connectivity index is 4.02. The van der Waals surface area contributed by atoms with Gasteiger partial charge < -0.3 is 10.3 Å². The summed E-state index contributed by atoms with van der Waals surface area (Å²) in [5, 5.41) is 4.50. The van der Waals surface area contributed by atoms with E-state index in [1.54, 1.807) is 0 Å². The molecule has 2 nitrogen and oxygen atoms in total. The van der Waals surface area contributed by atoms with Gasteiger partial charge in [-0.15, -0.1) is 0 Å². The van der Waals surface area contributed by atoms with Crippen LogP contribution in [-0.4, -0.2) is 17.9 Å². The third kappa shape index (κ3) is 7.82. The van der Waals surface area contributed by atoms with Crippen molar-refractivity contribution in [2.24, 2.45) is 4.99 Å². The maximum Gasteiger partial charge on any atom is -0.0362 e. The van der Waals surface area contributed by atoms with E-state index in [2.05, 4.69) is 44.9 Å². The topological polar surface area (TPSA) is 26.5 Å². The van der Waals surface area contributed by atoms with Crippen LogP contribution in [0.1, 0.15) is 53.9 Å². The van der Waals surface area contributed by atoms with Crippen molar-refractivity contribution >= 4 is 5.84 Å². The lowest BCUT2D eigenvalue weighted by atomic mass is 10.2. The van der Waals surface area contributed by atoms with Crippen molar-refractivity contribution in [1.29, 1.82) is 0 Å². The minimum Gasteiger partial charge on any atom is -0.466 e. The number of amidine groups is 1. The van der Waals surface area contributed by atoms with Crippen molar-refractivity contribution < 1.29 is 0 Å². The highest BCUT2D eigenvalue weighted by atomic mass is 15.0. The Morgan fingerprint density at radius 1 is 1.23 bits per heavy atom. The molecule has 0 bridgehead atoms. The van der Waals surface area contributed by atoms with Gasteiger partial charge in [-0.1, -0.05) is 53.3 Å². The van der Waals surface area contributed by atoms with Crippen molar-refractivity contribution in [2.45, 2.75) is 66.0 Å². The molecule has 0 unspecified atom stereocenters. The van der Waals surface area contributed by atoms with Gasteiger partial charge in [-0.2, -0.15) is 0 Å². The zero-order valence-electron chi connectivity index (χ0n) is 9.67. The van der Waals surface area contributed by atoms with E-state index in [0.717, 1.165) is 12.3 Å². The van der Waals surface area contributed by atoms with E-state index in [9.17, 15) is 0 Å². The van der Waals surface area contributed by atoms with Gasteiger partial charge >= 0.3 is 0 Å². The van der Waals surface area contributed by atoms with Gasteiger partial charge in [0.25, 0.3) is 0 Å². The Morgan fingerprint density at radius 3 is 2.23 bits per heavy atom. The molecule has 0 atom stereocenters. The van der Waals surface area contributed by atoms with Crippen LogP contribution in [0.4, 0.5) is 0 Å². The fraction of sp³-hybridized carbons (Fsp3) is 0.909. The summed E-state index contributed by atoms with van der Waals surface area (Å²) in [7, 11) is 0. The highest BCUT2D eigenvalue weighted by Crippen LogP contribution is 2.09. The van der Waals surface area contributed by atoms with E-state index in [0.29, 0.717) is 12.1 Å².